The van der Waals surface area contributed by atoms with Gasteiger partial charge in [0.25, 0.3) is 0 Å². The molecular formula is C16H22FN3O3S. The summed E-state index contributed by atoms with van der Waals surface area (Å²) in [6, 6.07) is 4.90. The van der Waals surface area contributed by atoms with E-state index in [0.717, 1.165) is 25.2 Å². The Morgan fingerprint density at radius 1 is 1.29 bits per heavy atom. The number of halogens is 1. The predicted octanol–water partition coefficient (Wildman–Crippen LogP) is 2.06. The van der Waals surface area contributed by atoms with E-state index in [9.17, 15) is 17.6 Å². The molecule has 0 saturated carbocycles. The Hall–Kier alpha value is -1.67. The molecule has 132 valence electrons. The van der Waals surface area contributed by atoms with Gasteiger partial charge in [-0.1, -0.05) is 0 Å². The summed E-state index contributed by atoms with van der Waals surface area (Å²) >= 11 is 0. The molecule has 1 amide bonds. The van der Waals surface area contributed by atoms with Gasteiger partial charge in [-0.15, -0.1) is 0 Å². The predicted molar refractivity (Wildman–Crippen MR) is 90.8 cm³/mol. The molecule has 0 aliphatic carbocycles. The van der Waals surface area contributed by atoms with Crippen LogP contribution in [0.2, 0.25) is 0 Å². The van der Waals surface area contributed by atoms with Crippen molar-refractivity contribution in [2.75, 3.05) is 16.3 Å². The summed E-state index contributed by atoms with van der Waals surface area (Å²) in [4.78, 5) is 12.2. The normalized spacial score (nSPS) is 26.2. The van der Waals surface area contributed by atoms with Crippen LogP contribution < -0.4 is 15.4 Å². The Morgan fingerprint density at radius 2 is 1.96 bits per heavy atom. The first-order valence-corrected chi connectivity index (χ1v) is 10.0. The lowest BCUT2D eigenvalue weighted by molar-refractivity contribution is -0.117. The fourth-order valence-electron chi connectivity index (χ4n) is 3.70. The maximum Gasteiger partial charge on any atom is 0.229 e. The molecule has 1 aromatic carbocycles. The molecule has 2 atom stereocenters. The molecule has 0 aromatic heterocycles. The summed E-state index contributed by atoms with van der Waals surface area (Å²) in [5, 5.41) is 6.27. The quantitative estimate of drug-likeness (QED) is 0.754. The SMILES string of the molecule is CS(=O)(=O)Nc1cc(NC(=O)CC2CC3CCC(C2)N3)ccc1F. The molecule has 2 unspecified atom stereocenters. The van der Waals surface area contributed by atoms with E-state index in [1.54, 1.807) is 0 Å². The van der Waals surface area contributed by atoms with Crippen molar-refractivity contribution < 1.29 is 17.6 Å². The topological polar surface area (TPSA) is 87.3 Å². The lowest BCUT2D eigenvalue weighted by Crippen LogP contribution is -2.39. The van der Waals surface area contributed by atoms with E-state index in [2.05, 4.69) is 15.4 Å². The second-order valence-electron chi connectivity index (χ2n) is 6.80. The fourth-order valence-corrected chi connectivity index (χ4v) is 4.25. The van der Waals surface area contributed by atoms with Crippen molar-refractivity contribution >= 4 is 27.3 Å². The highest BCUT2D eigenvalue weighted by atomic mass is 32.2. The molecule has 3 N–H and O–H groups in total. The average Bonchev–Trinajstić information content (AvgIpc) is 2.80. The molecule has 0 spiro atoms. The zero-order valence-corrected chi connectivity index (χ0v) is 14.3. The highest BCUT2D eigenvalue weighted by Gasteiger charge is 2.34. The van der Waals surface area contributed by atoms with Crippen LogP contribution in [0.4, 0.5) is 15.8 Å². The number of piperidine rings is 1. The van der Waals surface area contributed by atoms with Gasteiger partial charge in [-0.2, -0.15) is 0 Å². The minimum absolute atomic E-state index is 0.127. The van der Waals surface area contributed by atoms with Gasteiger partial charge >= 0.3 is 0 Å². The van der Waals surface area contributed by atoms with E-state index in [4.69, 9.17) is 0 Å². The minimum Gasteiger partial charge on any atom is -0.326 e. The van der Waals surface area contributed by atoms with Gasteiger partial charge in [-0.3, -0.25) is 9.52 Å². The third-order valence-electron chi connectivity index (χ3n) is 4.59. The highest BCUT2D eigenvalue weighted by molar-refractivity contribution is 7.92. The third kappa shape index (κ3) is 4.45. The molecule has 6 nitrogen and oxygen atoms in total. The first kappa shape index (κ1) is 17.2. The Kier molecular flexibility index (Phi) is 4.78. The zero-order chi connectivity index (χ0) is 17.3. The lowest BCUT2D eigenvalue weighted by Gasteiger charge is -2.28. The van der Waals surface area contributed by atoms with Crippen LogP contribution in [0, 0.1) is 11.7 Å². The van der Waals surface area contributed by atoms with Crippen molar-refractivity contribution in [1.29, 1.82) is 0 Å². The van der Waals surface area contributed by atoms with Gasteiger partial charge in [0.15, 0.2) is 0 Å². The number of benzene rings is 1. The van der Waals surface area contributed by atoms with Gasteiger partial charge in [0, 0.05) is 24.2 Å². The molecule has 2 aliphatic rings. The zero-order valence-electron chi connectivity index (χ0n) is 13.5. The second-order valence-corrected chi connectivity index (χ2v) is 8.54. The molecule has 0 radical (unpaired) electrons. The Balaban J connectivity index is 1.61. The molecule has 24 heavy (non-hydrogen) atoms. The second kappa shape index (κ2) is 6.68. The summed E-state index contributed by atoms with van der Waals surface area (Å²) in [5.41, 5.74) is 0.208. The van der Waals surface area contributed by atoms with Crippen molar-refractivity contribution in [3.8, 4) is 0 Å². The van der Waals surface area contributed by atoms with Gasteiger partial charge in [0.1, 0.15) is 5.82 Å². The van der Waals surface area contributed by atoms with Crippen molar-refractivity contribution in [2.24, 2.45) is 5.92 Å². The molecule has 3 rings (SSSR count). The molecule has 2 saturated heterocycles. The molecular weight excluding hydrogens is 333 g/mol. The van der Waals surface area contributed by atoms with Gasteiger partial charge in [0.05, 0.1) is 11.9 Å². The van der Waals surface area contributed by atoms with Gasteiger partial charge in [-0.05, 0) is 49.8 Å². The average molecular weight is 355 g/mol. The van der Waals surface area contributed by atoms with Crippen molar-refractivity contribution in [3.63, 3.8) is 0 Å². The van der Waals surface area contributed by atoms with Crippen LogP contribution in [0.1, 0.15) is 32.1 Å². The summed E-state index contributed by atoms with van der Waals surface area (Å²) in [6.07, 6.45) is 5.76. The van der Waals surface area contributed by atoms with Crippen LogP contribution in [0.15, 0.2) is 18.2 Å². The van der Waals surface area contributed by atoms with Crippen molar-refractivity contribution in [1.82, 2.24) is 5.32 Å². The van der Waals surface area contributed by atoms with Crippen LogP contribution in [-0.4, -0.2) is 32.7 Å². The van der Waals surface area contributed by atoms with Crippen molar-refractivity contribution in [3.05, 3.63) is 24.0 Å². The number of nitrogens with one attached hydrogen (secondary N) is 3. The van der Waals surface area contributed by atoms with Gasteiger partial charge in [-0.25, -0.2) is 12.8 Å². The number of anilines is 2. The number of rotatable bonds is 5. The largest absolute Gasteiger partial charge is 0.326 e. The molecule has 8 heteroatoms. The first-order chi connectivity index (χ1) is 11.3. The monoisotopic (exact) mass is 355 g/mol. The van der Waals surface area contributed by atoms with E-state index < -0.39 is 15.8 Å². The fraction of sp³-hybridized carbons (Fsp3) is 0.562. The number of fused-ring (bicyclic) bond motifs is 2. The van der Waals surface area contributed by atoms with Crippen LogP contribution in [0.5, 0.6) is 0 Å². The summed E-state index contributed by atoms with van der Waals surface area (Å²) in [5.74, 6) is -0.454. The molecule has 1 aromatic rings. The minimum atomic E-state index is -3.58. The van der Waals surface area contributed by atoms with Crippen molar-refractivity contribution in [2.45, 2.75) is 44.2 Å². The molecule has 2 fully saturated rings. The van der Waals surface area contributed by atoms with Crippen LogP contribution in [-0.2, 0) is 14.8 Å². The van der Waals surface area contributed by atoms with Gasteiger partial charge < -0.3 is 10.6 Å². The van der Waals surface area contributed by atoms with E-state index in [1.807, 2.05) is 0 Å². The summed E-state index contributed by atoms with van der Waals surface area (Å²) in [7, 11) is -3.58. The summed E-state index contributed by atoms with van der Waals surface area (Å²) in [6.45, 7) is 0. The highest BCUT2D eigenvalue weighted by Crippen LogP contribution is 2.33. The Labute approximate surface area is 141 Å². The van der Waals surface area contributed by atoms with Gasteiger partial charge in [0.2, 0.25) is 15.9 Å². The van der Waals surface area contributed by atoms with Crippen LogP contribution in [0.3, 0.4) is 0 Å². The van der Waals surface area contributed by atoms with Crippen LogP contribution >= 0.6 is 0 Å². The first-order valence-electron chi connectivity index (χ1n) is 8.12. The van der Waals surface area contributed by atoms with E-state index in [-0.39, 0.29) is 11.6 Å². The number of hydrogen-bond acceptors (Lipinski definition) is 4. The Morgan fingerprint density at radius 3 is 2.58 bits per heavy atom. The summed E-state index contributed by atoms with van der Waals surface area (Å²) < 4.78 is 38.2. The Bertz CT molecular complexity index is 726. The van der Waals surface area contributed by atoms with E-state index in [0.29, 0.717) is 30.1 Å². The molecule has 2 bridgehead atoms. The number of hydrogen-bond donors (Lipinski definition) is 3. The van der Waals surface area contributed by atoms with Crippen LogP contribution in [0.25, 0.3) is 0 Å². The third-order valence-corrected chi connectivity index (χ3v) is 5.18. The smallest absolute Gasteiger partial charge is 0.229 e. The molecule has 2 aliphatic heterocycles. The maximum absolute atomic E-state index is 13.7. The number of sulfonamides is 1. The maximum atomic E-state index is 13.7. The van der Waals surface area contributed by atoms with E-state index in [1.165, 1.54) is 25.0 Å². The number of amides is 1. The van der Waals surface area contributed by atoms with E-state index >= 15 is 0 Å². The molecule has 2 heterocycles. The lowest BCUT2D eigenvalue weighted by atomic mass is 9.89. The number of carbonyl (C=O) groups is 1. The standard InChI is InChI=1S/C16H22FN3O3S/c1-24(22,23)20-15-9-13(4-5-14(15)17)19-16(21)8-10-6-11-2-3-12(7-10)18-11/h4-5,9-12,18,20H,2-3,6-8H2,1H3,(H,19,21). The number of carbonyl (C=O) groups excluding carboxylic acids is 1.